The summed E-state index contributed by atoms with van der Waals surface area (Å²) in [6.45, 7) is 4.31. The van der Waals surface area contributed by atoms with E-state index in [1.807, 2.05) is 6.07 Å². The van der Waals surface area contributed by atoms with Crippen molar-refractivity contribution < 1.29 is 4.74 Å². The monoisotopic (exact) mass is 353 g/mol. The molecule has 0 bridgehead atoms. The van der Waals surface area contributed by atoms with Crippen molar-refractivity contribution in [2.75, 3.05) is 11.5 Å². The van der Waals surface area contributed by atoms with Gasteiger partial charge in [0.05, 0.1) is 17.5 Å². The van der Waals surface area contributed by atoms with Crippen LogP contribution in [-0.4, -0.2) is 22.1 Å². The molecule has 1 fully saturated rings. The zero-order valence-electron chi connectivity index (χ0n) is 15.5. The van der Waals surface area contributed by atoms with E-state index in [1.165, 1.54) is 6.33 Å². The number of anilines is 2. The van der Waals surface area contributed by atoms with Crippen molar-refractivity contribution in [2.24, 2.45) is 5.73 Å². The molecule has 0 spiro atoms. The van der Waals surface area contributed by atoms with Crippen LogP contribution in [0.5, 0.6) is 5.75 Å². The number of hydrogen-bond acceptors (Lipinski definition) is 6. The summed E-state index contributed by atoms with van der Waals surface area (Å²) in [5.74, 6) is 1.31. The molecule has 0 amide bonds. The summed E-state index contributed by atoms with van der Waals surface area (Å²) in [4.78, 5) is 8.70. The lowest BCUT2D eigenvalue weighted by Gasteiger charge is -2.35. The maximum Gasteiger partial charge on any atom is 0.142 e. The predicted octanol–water partition coefficient (Wildman–Crippen LogP) is 2.79. The fourth-order valence-corrected chi connectivity index (χ4v) is 4.35. The predicted molar refractivity (Wildman–Crippen MR) is 104 cm³/mol. The molecule has 0 aliphatic heterocycles. The van der Waals surface area contributed by atoms with Crippen molar-refractivity contribution in [1.82, 2.24) is 9.97 Å². The van der Waals surface area contributed by atoms with Gasteiger partial charge in [0.15, 0.2) is 0 Å². The van der Waals surface area contributed by atoms with E-state index < -0.39 is 0 Å². The topological polar surface area (TPSA) is 113 Å². The minimum atomic E-state index is -0.183. The van der Waals surface area contributed by atoms with Gasteiger partial charge in [0.25, 0.3) is 0 Å². The first-order valence-electron chi connectivity index (χ1n) is 9.31. The molecule has 0 unspecified atom stereocenters. The van der Waals surface area contributed by atoms with Crippen LogP contribution >= 0.6 is 0 Å². The number of rotatable bonds is 2. The van der Waals surface area contributed by atoms with Crippen molar-refractivity contribution in [3.63, 3.8) is 0 Å². The van der Waals surface area contributed by atoms with Crippen LogP contribution in [0, 0.1) is 0 Å². The minimum Gasteiger partial charge on any atom is -0.488 e. The molecule has 6 heteroatoms. The van der Waals surface area contributed by atoms with Crippen molar-refractivity contribution in [3.8, 4) is 17.0 Å². The number of ether oxygens (including phenoxy) is 1. The zero-order valence-corrected chi connectivity index (χ0v) is 15.5. The lowest BCUT2D eigenvalue weighted by Crippen LogP contribution is -2.32. The van der Waals surface area contributed by atoms with Crippen molar-refractivity contribution in [2.45, 2.75) is 63.5 Å². The molecule has 1 aromatic heterocycles. The summed E-state index contributed by atoms with van der Waals surface area (Å²) >= 11 is 0. The third-order valence-electron chi connectivity index (χ3n) is 5.76. The molecule has 26 heavy (non-hydrogen) atoms. The maximum atomic E-state index is 6.54. The van der Waals surface area contributed by atoms with Crippen molar-refractivity contribution in [3.05, 3.63) is 29.6 Å². The molecule has 0 saturated heterocycles. The van der Waals surface area contributed by atoms with Gasteiger partial charge in [-0.05, 0) is 55.2 Å². The van der Waals surface area contributed by atoms with Crippen LogP contribution in [0.25, 0.3) is 11.3 Å². The molecule has 6 nitrogen and oxygen atoms in total. The van der Waals surface area contributed by atoms with E-state index in [0.29, 0.717) is 17.5 Å². The van der Waals surface area contributed by atoms with E-state index in [9.17, 15) is 0 Å². The SMILES string of the molecule is CC1(C)Cc2c(ccc(OC3CCC(N)CC3)c2N)-c2ncnc(N)c21. The minimum absolute atomic E-state index is 0.183. The van der Waals surface area contributed by atoms with E-state index in [4.69, 9.17) is 21.9 Å². The van der Waals surface area contributed by atoms with Crippen LogP contribution in [0.4, 0.5) is 11.5 Å². The Morgan fingerprint density at radius 3 is 2.54 bits per heavy atom. The van der Waals surface area contributed by atoms with Gasteiger partial charge < -0.3 is 21.9 Å². The summed E-state index contributed by atoms with van der Waals surface area (Å²) in [6.07, 6.45) is 6.47. The second-order valence-electron chi connectivity index (χ2n) is 8.20. The Hall–Kier alpha value is -2.34. The lowest BCUT2D eigenvalue weighted by molar-refractivity contribution is 0.148. The molecule has 6 N–H and O–H groups in total. The highest BCUT2D eigenvalue weighted by Gasteiger charge is 2.36. The fourth-order valence-electron chi connectivity index (χ4n) is 4.35. The molecule has 4 rings (SSSR count). The normalized spacial score (nSPS) is 23.8. The largest absolute Gasteiger partial charge is 0.488 e. The summed E-state index contributed by atoms with van der Waals surface area (Å²) in [5.41, 5.74) is 23.2. The van der Waals surface area contributed by atoms with Gasteiger partial charge in [0.1, 0.15) is 17.9 Å². The third kappa shape index (κ3) is 2.78. The average Bonchev–Trinajstić information content (AvgIpc) is 2.59. The summed E-state index contributed by atoms with van der Waals surface area (Å²) in [7, 11) is 0. The highest BCUT2D eigenvalue weighted by Crippen LogP contribution is 2.47. The highest BCUT2D eigenvalue weighted by molar-refractivity contribution is 5.81. The van der Waals surface area contributed by atoms with Gasteiger partial charge in [0, 0.05) is 17.2 Å². The van der Waals surface area contributed by atoms with E-state index >= 15 is 0 Å². The molecule has 1 saturated carbocycles. The van der Waals surface area contributed by atoms with Gasteiger partial charge in [0.2, 0.25) is 0 Å². The Morgan fingerprint density at radius 2 is 1.81 bits per heavy atom. The molecule has 2 aliphatic carbocycles. The summed E-state index contributed by atoms with van der Waals surface area (Å²) in [5, 5.41) is 0. The molecule has 1 heterocycles. The number of aromatic nitrogens is 2. The van der Waals surface area contributed by atoms with E-state index in [1.54, 1.807) is 0 Å². The van der Waals surface area contributed by atoms with E-state index in [-0.39, 0.29) is 11.5 Å². The van der Waals surface area contributed by atoms with Gasteiger partial charge in [-0.1, -0.05) is 13.8 Å². The Labute approximate surface area is 154 Å². The summed E-state index contributed by atoms with van der Waals surface area (Å²) in [6, 6.07) is 4.32. The van der Waals surface area contributed by atoms with Crippen molar-refractivity contribution in [1.29, 1.82) is 0 Å². The van der Waals surface area contributed by atoms with Gasteiger partial charge in [-0.15, -0.1) is 0 Å². The second kappa shape index (κ2) is 6.13. The first kappa shape index (κ1) is 17.1. The van der Waals surface area contributed by atoms with Crippen LogP contribution in [0.2, 0.25) is 0 Å². The van der Waals surface area contributed by atoms with Crippen molar-refractivity contribution >= 4 is 11.5 Å². The third-order valence-corrected chi connectivity index (χ3v) is 5.76. The first-order valence-corrected chi connectivity index (χ1v) is 9.31. The van der Waals surface area contributed by atoms with Crippen LogP contribution in [0.3, 0.4) is 0 Å². The van der Waals surface area contributed by atoms with Gasteiger partial charge in [-0.25, -0.2) is 9.97 Å². The number of nitrogen functional groups attached to an aromatic ring is 2. The molecular formula is C20H27N5O. The van der Waals surface area contributed by atoms with Gasteiger partial charge >= 0.3 is 0 Å². The van der Waals surface area contributed by atoms with Crippen LogP contribution in [0.1, 0.15) is 50.7 Å². The zero-order chi connectivity index (χ0) is 18.5. The standard InChI is InChI=1S/C20H27N5O/c1-20(2)9-14-13(18-16(20)19(23)25-10-24-18)7-8-15(17(14)22)26-12-5-3-11(21)4-6-12/h7-8,10-12H,3-6,9,21-22H2,1-2H3,(H2,23,24,25). The molecule has 1 aromatic carbocycles. The van der Waals surface area contributed by atoms with E-state index in [0.717, 1.165) is 60.2 Å². The Balaban J connectivity index is 1.72. The number of benzene rings is 1. The van der Waals surface area contributed by atoms with Crippen LogP contribution < -0.4 is 21.9 Å². The molecule has 0 atom stereocenters. The van der Waals surface area contributed by atoms with Crippen LogP contribution in [-0.2, 0) is 11.8 Å². The Bertz CT molecular complexity index is 840. The molecule has 0 radical (unpaired) electrons. The quantitative estimate of drug-likeness (QED) is 0.716. The highest BCUT2D eigenvalue weighted by atomic mass is 16.5. The second-order valence-corrected chi connectivity index (χ2v) is 8.20. The van der Waals surface area contributed by atoms with Gasteiger partial charge in [-0.3, -0.25) is 0 Å². The molecule has 2 aliphatic rings. The first-order chi connectivity index (χ1) is 12.4. The number of nitrogens with zero attached hydrogens (tertiary/aromatic N) is 2. The summed E-state index contributed by atoms with van der Waals surface area (Å²) < 4.78 is 6.24. The molecule has 2 aromatic rings. The maximum absolute atomic E-state index is 6.54. The number of fused-ring (bicyclic) bond motifs is 3. The Morgan fingerprint density at radius 1 is 1.08 bits per heavy atom. The van der Waals surface area contributed by atoms with Gasteiger partial charge in [-0.2, -0.15) is 0 Å². The smallest absolute Gasteiger partial charge is 0.142 e. The molecular weight excluding hydrogens is 326 g/mol. The Kier molecular flexibility index (Phi) is 4.03. The average molecular weight is 353 g/mol. The lowest BCUT2D eigenvalue weighted by atomic mass is 9.71. The molecule has 138 valence electrons. The number of nitrogens with two attached hydrogens (primary N) is 3. The number of hydrogen-bond donors (Lipinski definition) is 3. The van der Waals surface area contributed by atoms with Crippen LogP contribution in [0.15, 0.2) is 18.5 Å². The van der Waals surface area contributed by atoms with E-state index in [2.05, 4.69) is 29.9 Å². The fraction of sp³-hybridized carbons (Fsp3) is 0.500.